The summed E-state index contributed by atoms with van der Waals surface area (Å²) in [6.45, 7) is 0. The third-order valence-corrected chi connectivity index (χ3v) is 1.54. The highest BCUT2D eigenvalue weighted by molar-refractivity contribution is 7.81. The lowest BCUT2D eigenvalue weighted by Gasteiger charge is -1.89. The minimum absolute atomic E-state index is 0.0602. The summed E-state index contributed by atoms with van der Waals surface area (Å²) in [6.07, 6.45) is 0.734. The molecule has 1 aliphatic carbocycles. The third-order valence-electron chi connectivity index (χ3n) is 1.09. The molecule has 0 bridgehead atoms. The van der Waals surface area contributed by atoms with E-state index in [2.05, 4.69) is 0 Å². The maximum absolute atomic E-state index is 10.5. The molecule has 1 rings (SSSR count). The largest absolute Gasteiger partial charge is 0.294 e. The predicted octanol–water partition coefficient (Wildman–Crippen LogP) is -0.634. The number of nitrogens with one attached hydrogen (secondary N) is 1. The van der Waals surface area contributed by atoms with Crippen LogP contribution in [0.4, 0.5) is 0 Å². The quantitative estimate of drug-likeness (QED) is 0.215. The van der Waals surface area contributed by atoms with Gasteiger partial charge < -0.3 is 0 Å². The first-order chi connectivity index (χ1) is 3.75. The SMILES string of the molecule is NNC(=O)C1CC1=S. The number of hydrogen-bond acceptors (Lipinski definition) is 3. The molecule has 1 amide bonds. The Morgan fingerprint density at radius 1 is 2.00 bits per heavy atom. The summed E-state index contributed by atoms with van der Waals surface area (Å²) in [4.78, 5) is 11.3. The van der Waals surface area contributed by atoms with Crippen molar-refractivity contribution in [3.63, 3.8) is 0 Å². The summed E-state index contributed by atoms with van der Waals surface area (Å²) < 4.78 is 0. The number of hydrogen-bond donors (Lipinski definition) is 2. The maximum atomic E-state index is 10.5. The van der Waals surface area contributed by atoms with Gasteiger partial charge in [-0.25, -0.2) is 5.84 Å². The van der Waals surface area contributed by atoms with Gasteiger partial charge in [-0.2, -0.15) is 0 Å². The molecule has 1 fully saturated rings. The van der Waals surface area contributed by atoms with Gasteiger partial charge in [0.1, 0.15) is 0 Å². The van der Waals surface area contributed by atoms with Gasteiger partial charge in [0, 0.05) is 4.86 Å². The smallest absolute Gasteiger partial charge is 0.242 e. The number of thiocarbonyl (C=S) groups is 1. The molecule has 4 heteroatoms. The van der Waals surface area contributed by atoms with Gasteiger partial charge in [0.25, 0.3) is 0 Å². The van der Waals surface area contributed by atoms with Crippen molar-refractivity contribution >= 4 is 23.0 Å². The van der Waals surface area contributed by atoms with Gasteiger partial charge >= 0.3 is 0 Å². The van der Waals surface area contributed by atoms with E-state index in [1.807, 2.05) is 5.43 Å². The maximum Gasteiger partial charge on any atom is 0.242 e. The van der Waals surface area contributed by atoms with Crippen LogP contribution in [0.3, 0.4) is 0 Å². The molecule has 0 heterocycles. The van der Waals surface area contributed by atoms with Crippen LogP contribution in [0.1, 0.15) is 6.42 Å². The molecule has 0 aliphatic heterocycles. The number of nitrogens with two attached hydrogens (primary N) is 1. The molecule has 0 spiro atoms. The second kappa shape index (κ2) is 1.80. The molecular weight excluding hydrogens is 124 g/mol. The van der Waals surface area contributed by atoms with E-state index >= 15 is 0 Å². The van der Waals surface area contributed by atoms with Crippen molar-refractivity contribution in [1.82, 2.24) is 5.43 Å². The summed E-state index contributed by atoms with van der Waals surface area (Å²) >= 11 is 4.70. The molecule has 1 aliphatic rings. The van der Waals surface area contributed by atoms with Crippen LogP contribution in [-0.2, 0) is 4.79 Å². The lowest BCUT2D eigenvalue weighted by molar-refractivity contribution is -0.121. The predicted molar refractivity (Wildman–Crippen MR) is 33.0 cm³/mol. The first-order valence-corrected chi connectivity index (χ1v) is 2.69. The number of carbonyl (C=O) groups excluding carboxylic acids is 1. The summed E-state index contributed by atoms with van der Waals surface area (Å²) in [5, 5.41) is 0. The second-order valence-corrected chi connectivity index (χ2v) is 2.26. The van der Waals surface area contributed by atoms with Gasteiger partial charge in [0.05, 0.1) is 5.92 Å². The molecule has 8 heavy (non-hydrogen) atoms. The molecule has 3 N–H and O–H groups in total. The molecule has 1 unspecified atom stereocenters. The molecule has 44 valence electrons. The molecule has 0 aromatic rings. The van der Waals surface area contributed by atoms with E-state index in [1.54, 1.807) is 0 Å². The minimum Gasteiger partial charge on any atom is -0.294 e. The standard InChI is InChI=1S/C4H6N2OS/c5-6-4(7)2-1-3(2)8/h2H,1,5H2,(H,6,7). The van der Waals surface area contributed by atoms with Crippen LogP contribution in [0, 0.1) is 5.92 Å². The van der Waals surface area contributed by atoms with E-state index in [4.69, 9.17) is 18.1 Å². The van der Waals surface area contributed by atoms with E-state index in [0.717, 1.165) is 11.3 Å². The van der Waals surface area contributed by atoms with Crippen LogP contribution < -0.4 is 11.3 Å². The molecule has 0 radical (unpaired) electrons. The van der Waals surface area contributed by atoms with Gasteiger partial charge in [-0.15, -0.1) is 0 Å². The lowest BCUT2D eigenvalue weighted by Crippen LogP contribution is -2.31. The molecule has 3 nitrogen and oxygen atoms in total. The van der Waals surface area contributed by atoms with Crippen molar-refractivity contribution in [2.24, 2.45) is 11.8 Å². The normalized spacial score (nSPS) is 25.1. The fraction of sp³-hybridized carbons (Fsp3) is 0.500. The fourth-order valence-corrected chi connectivity index (χ4v) is 0.755. The van der Waals surface area contributed by atoms with Crippen molar-refractivity contribution < 1.29 is 4.79 Å². The van der Waals surface area contributed by atoms with Crippen LogP contribution in [0.25, 0.3) is 0 Å². The molecule has 0 saturated heterocycles. The molecule has 1 atom stereocenters. The second-order valence-electron chi connectivity index (χ2n) is 1.73. The molecular formula is C4H6N2OS. The zero-order chi connectivity index (χ0) is 6.15. The van der Waals surface area contributed by atoms with Crippen molar-refractivity contribution in [1.29, 1.82) is 0 Å². The van der Waals surface area contributed by atoms with Gasteiger partial charge in [-0.3, -0.25) is 10.2 Å². The van der Waals surface area contributed by atoms with Crippen molar-refractivity contribution in [2.45, 2.75) is 6.42 Å². The molecule has 0 aromatic carbocycles. The first kappa shape index (κ1) is 5.65. The highest BCUT2D eigenvalue weighted by atomic mass is 32.1. The Morgan fingerprint density at radius 2 is 2.50 bits per heavy atom. The Balaban J connectivity index is 2.39. The highest BCUT2D eigenvalue weighted by Gasteiger charge is 2.36. The van der Waals surface area contributed by atoms with Gasteiger partial charge in [0.15, 0.2) is 0 Å². The van der Waals surface area contributed by atoms with Gasteiger partial charge in [0.2, 0.25) is 5.91 Å². The third kappa shape index (κ3) is 0.850. The zero-order valence-corrected chi connectivity index (χ0v) is 4.99. The van der Waals surface area contributed by atoms with E-state index in [0.29, 0.717) is 0 Å². The first-order valence-electron chi connectivity index (χ1n) is 2.29. The lowest BCUT2D eigenvalue weighted by atomic mass is 10.4. The van der Waals surface area contributed by atoms with E-state index in [9.17, 15) is 4.79 Å². The van der Waals surface area contributed by atoms with Crippen molar-refractivity contribution in [3.05, 3.63) is 0 Å². The topological polar surface area (TPSA) is 55.1 Å². The fourth-order valence-electron chi connectivity index (χ4n) is 0.482. The van der Waals surface area contributed by atoms with Crippen LogP contribution >= 0.6 is 12.2 Å². The Morgan fingerprint density at radius 3 is 2.62 bits per heavy atom. The highest BCUT2D eigenvalue weighted by Crippen LogP contribution is 2.25. The number of rotatable bonds is 1. The summed E-state index contributed by atoms with van der Waals surface area (Å²) in [5.41, 5.74) is 2.03. The van der Waals surface area contributed by atoms with Crippen molar-refractivity contribution in [2.75, 3.05) is 0 Å². The number of carbonyl (C=O) groups is 1. The Kier molecular flexibility index (Phi) is 1.27. The van der Waals surface area contributed by atoms with Crippen LogP contribution in [0.5, 0.6) is 0 Å². The summed E-state index contributed by atoms with van der Waals surface area (Å²) in [5.74, 6) is 4.60. The van der Waals surface area contributed by atoms with Gasteiger partial charge in [-0.1, -0.05) is 12.2 Å². The van der Waals surface area contributed by atoms with Crippen molar-refractivity contribution in [3.8, 4) is 0 Å². The van der Waals surface area contributed by atoms with E-state index < -0.39 is 0 Å². The summed E-state index contributed by atoms with van der Waals surface area (Å²) in [7, 11) is 0. The number of amides is 1. The molecule has 1 saturated carbocycles. The Bertz CT molecular complexity index is 145. The monoisotopic (exact) mass is 130 g/mol. The summed E-state index contributed by atoms with van der Waals surface area (Å²) in [6, 6.07) is 0. The van der Waals surface area contributed by atoms with E-state index in [-0.39, 0.29) is 11.8 Å². The molecule has 0 aromatic heterocycles. The minimum atomic E-state index is -0.157. The zero-order valence-electron chi connectivity index (χ0n) is 4.18. The van der Waals surface area contributed by atoms with Gasteiger partial charge in [-0.05, 0) is 6.42 Å². The number of hydrazine groups is 1. The average Bonchev–Trinajstić information content (AvgIpc) is 2.45. The van der Waals surface area contributed by atoms with Crippen LogP contribution in [-0.4, -0.2) is 10.8 Å². The van der Waals surface area contributed by atoms with Crippen LogP contribution in [0.2, 0.25) is 0 Å². The average molecular weight is 130 g/mol. The van der Waals surface area contributed by atoms with E-state index in [1.165, 1.54) is 0 Å². The Hall–Kier alpha value is -0.480. The van der Waals surface area contributed by atoms with Crippen LogP contribution in [0.15, 0.2) is 0 Å². The Labute approximate surface area is 52.2 Å².